The summed E-state index contributed by atoms with van der Waals surface area (Å²) in [7, 11) is 0. The van der Waals surface area contributed by atoms with Crippen LogP contribution in [-0.4, -0.2) is 40.7 Å². The van der Waals surface area contributed by atoms with Crippen molar-refractivity contribution in [2.24, 2.45) is 0 Å². The molecule has 0 aliphatic heterocycles. The number of fused-ring (bicyclic) bond motifs is 1. The lowest BCUT2D eigenvalue weighted by Crippen LogP contribution is -2.29. The Morgan fingerprint density at radius 2 is 2.14 bits per heavy atom. The van der Waals surface area contributed by atoms with Crippen molar-refractivity contribution in [3.05, 3.63) is 30.1 Å². The third-order valence-electron chi connectivity index (χ3n) is 3.60. The Morgan fingerprint density at radius 3 is 2.86 bits per heavy atom. The molecule has 5 nitrogen and oxygen atoms in total. The molecule has 0 saturated carbocycles. The Hall–Kier alpha value is -1.59. The maximum absolute atomic E-state index is 9.35. The molecular formula is C16H26N4O. The van der Waals surface area contributed by atoms with Crippen molar-refractivity contribution in [1.29, 1.82) is 0 Å². The standard InChI is InChI=1S/C16H26N4O/c1-3-5-9-19(11-12-21)16-14(13-17-4-2)20-10-7-6-8-15(20)18-16/h6-8,10,17,21H,3-5,9,11-13H2,1-2H3. The van der Waals surface area contributed by atoms with Crippen molar-refractivity contribution in [3.8, 4) is 0 Å². The highest BCUT2D eigenvalue weighted by Gasteiger charge is 2.17. The number of imidazole rings is 1. The average molecular weight is 290 g/mol. The monoisotopic (exact) mass is 290 g/mol. The summed E-state index contributed by atoms with van der Waals surface area (Å²) in [6.45, 7) is 7.70. The van der Waals surface area contributed by atoms with Gasteiger partial charge in [-0.3, -0.25) is 0 Å². The molecule has 0 aromatic carbocycles. The van der Waals surface area contributed by atoms with E-state index in [1.165, 1.54) is 0 Å². The summed E-state index contributed by atoms with van der Waals surface area (Å²) in [5, 5.41) is 12.7. The second-order valence-corrected chi connectivity index (χ2v) is 5.16. The maximum Gasteiger partial charge on any atom is 0.152 e. The van der Waals surface area contributed by atoms with Gasteiger partial charge in [-0.2, -0.15) is 0 Å². The van der Waals surface area contributed by atoms with E-state index >= 15 is 0 Å². The smallest absolute Gasteiger partial charge is 0.152 e. The minimum atomic E-state index is 0.151. The summed E-state index contributed by atoms with van der Waals surface area (Å²) in [6, 6.07) is 6.05. The largest absolute Gasteiger partial charge is 0.395 e. The van der Waals surface area contributed by atoms with Crippen LogP contribution < -0.4 is 10.2 Å². The molecule has 2 heterocycles. The Balaban J connectivity index is 2.38. The minimum Gasteiger partial charge on any atom is -0.395 e. The summed E-state index contributed by atoms with van der Waals surface area (Å²) >= 11 is 0. The van der Waals surface area contributed by atoms with E-state index in [-0.39, 0.29) is 6.61 Å². The maximum atomic E-state index is 9.35. The lowest BCUT2D eigenvalue weighted by Gasteiger charge is -2.22. The molecule has 0 unspecified atom stereocenters. The van der Waals surface area contributed by atoms with Crippen LogP contribution in [0.1, 0.15) is 32.4 Å². The van der Waals surface area contributed by atoms with Crippen LogP contribution in [0.4, 0.5) is 5.82 Å². The summed E-state index contributed by atoms with van der Waals surface area (Å²) in [5.41, 5.74) is 2.12. The van der Waals surface area contributed by atoms with Crippen molar-refractivity contribution >= 4 is 11.5 Å². The molecule has 0 bridgehead atoms. The number of unbranched alkanes of at least 4 members (excludes halogenated alkanes) is 1. The van der Waals surface area contributed by atoms with Gasteiger partial charge < -0.3 is 19.7 Å². The van der Waals surface area contributed by atoms with Gasteiger partial charge in [0.15, 0.2) is 5.82 Å². The van der Waals surface area contributed by atoms with Gasteiger partial charge >= 0.3 is 0 Å². The van der Waals surface area contributed by atoms with E-state index in [0.717, 1.165) is 49.6 Å². The zero-order valence-corrected chi connectivity index (χ0v) is 13.0. The molecule has 0 atom stereocenters. The molecule has 0 saturated heterocycles. The number of hydrogen-bond acceptors (Lipinski definition) is 4. The highest BCUT2D eigenvalue weighted by molar-refractivity contribution is 5.56. The average Bonchev–Trinajstić information content (AvgIpc) is 2.88. The van der Waals surface area contributed by atoms with Crippen LogP contribution in [0.3, 0.4) is 0 Å². The number of aliphatic hydroxyl groups is 1. The summed E-state index contributed by atoms with van der Waals surface area (Å²) < 4.78 is 2.13. The first kappa shape index (κ1) is 15.8. The van der Waals surface area contributed by atoms with E-state index in [2.05, 4.69) is 34.7 Å². The van der Waals surface area contributed by atoms with Crippen LogP contribution in [-0.2, 0) is 6.54 Å². The second kappa shape index (κ2) is 8.00. The Bertz CT molecular complexity index is 552. The van der Waals surface area contributed by atoms with Gasteiger partial charge in [-0.15, -0.1) is 0 Å². The van der Waals surface area contributed by atoms with E-state index in [1.807, 2.05) is 18.2 Å². The quantitative estimate of drug-likeness (QED) is 0.742. The number of nitrogens with zero attached hydrogens (tertiary/aromatic N) is 3. The molecule has 21 heavy (non-hydrogen) atoms. The van der Waals surface area contributed by atoms with Gasteiger partial charge in [-0.05, 0) is 25.1 Å². The van der Waals surface area contributed by atoms with Gasteiger partial charge in [0, 0.05) is 25.8 Å². The molecule has 0 aliphatic rings. The van der Waals surface area contributed by atoms with Crippen LogP contribution in [0.2, 0.25) is 0 Å². The third-order valence-corrected chi connectivity index (χ3v) is 3.60. The molecule has 0 fully saturated rings. The first-order valence-corrected chi connectivity index (χ1v) is 7.84. The number of nitrogens with one attached hydrogen (secondary N) is 1. The van der Waals surface area contributed by atoms with E-state index in [9.17, 15) is 5.11 Å². The van der Waals surface area contributed by atoms with Gasteiger partial charge in [0.1, 0.15) is 5.65 Å². The van der Waals surface area contributed by atoms with Crippen molar-refractivity contribution in [1.82, 2.24) is 14.7 Å². The molecule has 2 aromatic rings. The fraction of sp³-hybridized carbons (Fsp3) is 0.562. The zero-order valence-electron chi connectivity index (χ0n) is 13.0. The SMILES string of the molecule is CCCCN(CCO)c1nc2ccccn2c1CNCC. The van der Waals surface area contributed by atoms with Crippen LogP contribution in [0.15, 0.2) is 24.4 Å². The number of pyridine rings is 1. The van der Waals surface area contributed by atoms with E-state index in [1.54, 1.807) is 0 Å². The van der Waals surface area contributed by atoms with Crippen LogP contribution >= 0.6 is 0 Å². The molecule has 116 valence electrons. The Labute approximate surface area is 126 Å². The minimum absolute atomic E-state index is 0.151. The van der Waals surface area contributed by atoms with Crippen LogP contribution in [0.5, 0.6) is 0 Å². The van der Waals surface area contributed by atoms with Crippen molar-refractivity contribution < 1.29 is 5.11 Å². The predicted octanol–water partition coefficient (Wildman–Crippen LogP) is 2.04. The number of aliphatic hydroxyl groups excluding tert-OH is 1. The molecule has 2 N–H and O–H groups in total. The molecule has 2 aromatic heterocycles. The molecule has 0 aliphatic carbocycles. The molecule has 2 rings (SSSR count). The van der Waals surface area contributed by atoms with Gasteiger partial charge in [-0.25, -0.2) is 4.98 Å². The van der Waals surface area contributed by atoms with E-state index < -0.39 is 0 Å². The van der Waals surface area contributed by atoms with Crippen molar-refractivity contribution in [3.63, 3.8) is 0 Å². The first-order chi connectivity index (χ1) is 10.3. The van der Waals surface area contributed by atoms with Gasteiger partial charge in [0.25, 0.3) is 0 Å². The second-order valence-electron chi connectivity index (χ2n) is 5.16. The molecule has 0 amide bonds. The molecular weight excluding hydrogens is 264 g/mol. The molecule has 0 spiro atoms. The number of rotatable bonds is 9. The van der Waals surface area contributed by atoms with Gasteiger partial charge in [0.2, 0.25) is 0 Å². The van der Waals surface area contributed by atoms with Crippen molar-refractivity contribution in [2.75, 3.05) is 31.1 Å². The van der Waals surface area contributed by atoms with E-state index in [4.69, 9.17) is 4.98 Å². The fourth-order valence-corrected chi connectivity index (χ4v) is 2.49. The topological polar surface area (TPSA) is 52.8 Å². The highest BCUT2D eigenvalue weighted by Crippen LogP contribution is 2.22. The Kier molecular flexibility index (Phi) is 6.02. The number of hydrogen-bond donors (Lipinski definition) is 2. The van der Waals surface area contributed by atoms with Gasteiger partial charge in [-0.1, -0.05) is 26.3 Å². The normalized spacial score (nSPS) is 11.2. The van der Waals surface area contributed by atoms with E-state index in [0.29, 0.717) is 6.54 Å². The van der Waals surface area contributed by atoms with Crippen LogP contribution in [0, 0.1) is 0 Å². The Morgan fingerprint density at radius 1 is 1.29 bits per heavy atom. The summed E-state index contributed by atoms with van der Waals surface area (Å²) in [4.78, 5) is 6.97. The molecule has 5 heteroatoms. The van der Waals surface area contributed by atoms with Gasteiger partial charge in [0.05, 0.1) is 12.3 Å². The fourth-order valence-electron chi connectivity index (χ4n) is 2.49. The predicted molar refractivity (Wildman–Crippen MR) is 86.8 cm³/mol. The zero-order chi connectivity index (χ0) is 15.1. The lowest BCUT2D eigenvalue weighted by atomic mass is 10.3. The van der Waals surface area contributed by atoms with Crippen LogP contribution in [0.25, 0.3) is 5.65 Å². The number of aromatic nitrogens is 2. The summed E-state index contributed by atoms with van der Waals surface area (Å²) in [5.74, 6) is 0.990. The lowest BCUT2D eigenvalue weighted by molar-refractivity contribution is 0.301. The third kappa shape index (κ3) is 3.74. The molecule has 0 radical (unpaired) electrons. The van der Waals surface area contributed by atoms with Crippen molar-refractivity contribution in [2.45, 2.75) is 33.2 Å². The summed E-state index contributed by atoms with van der Waals surface area (Å²) in [6.07, 6.45) is 4.29. The highest BCUT2D eigenvalue weighted by atomic mass is 16.3. The first-order valence-electron chi connectivity index (χ1n) is 7.84. The number of anilines is 1.